The van der Waals surface area contributed by atoms with E-state index in [1.165, 1.54) is 0 Å². The molecule has 0 fully saturated rings. The Morgan fingerprint density at radius 1 is 1.14 bits per heavy atom. The molecule has 2 aromatic heterocycles. The van der Waals surface area contributed by atoms with Crippen molar-refractivity contribution in [2.45, 2.75) is 13.3 Å². The van der Waals surface area contributed by atoms with Gasteiger partial charge in [-0.15, -0.1) is 0 Å². The minimum absolute atomic E-state index is 0.712. The second kappa shape index (κ2) is 5.60. The quantitative estimate of drug-likeness (QED) is 0.803. The average molecular weight is 297 g/mol. The van der Waals surface area contributed by atoms with Gasteiger partial charge in [0.1, 0.15) is 17.1 Å². The van der Waals surface area contributed by atoms with Crippen LogP contribution < -0.4 is 15.2 Å². The zero-order valence-electron chi connectivity index (χ0n) is 13.0. The van der Waals surface area contributed by atoms with Crippen LogP contribution in [-0.4, -0.2) is 23.6 Å². The van der Waals surface area contributed by atoms with Crippen molar-refractivity contribution in [1.29, 1.82) is 0 Å². The maximum Gasteiger partial charge on any atom is 0.137 e. The number of anilines is 1. The summed E-state index contributed by atoms with van der Waals surface area (Å²) in [7, 11) is 3.31. The molecule has 1 aromatic carbocycles. The highest BCUT2D eigenvalue weighted by Gasteiger charge is 2.17. The van der Waals surface area contributed by atoms with E-state index in [-0.39, 0.29) is 0 Å². The zero-order valence-corrected chi connectivity index (χ0v) is 13.0. The van der Waals surface area contributed by atoms with Crippen molar-refractivity contribution in [2.75, 3.05) is 20.0 Å². The predicted octanol–water partition coefficient (Wildman–Crippen LogP) is 3.16. The molecule has 2 heterocycles. The van der Waals surface area contributed by atoms with Crippen molar-refractivity contribution in [3.8, 4) is 22.8 Å². The lowest BCUT2D eigenvalue weighted by atomic mass is 10.1. The molecular formula is C17H19N3O2. The molecule has 22 heavy (non-hydrogen) atoms. The van der Waals surface area contributed by atoms with E-state index in [1.54, 1.807) is 14.2 Å². The highest BCUT2D eigenvalue weighted by atomic mass is 16.5. The summed E-state index contributed by atoms with van der Waals surface area (Å²) in [5.41, 5.74) is 10.4. The molecule has 3 rings (SSSR count). The van der Waals surface area contributed by atoms with E-state index >= 15 is 0 Å². The second-order valence-electron chi connectivity index (χ2n) is 5.02. The van der Waals surface area contributed by atoms with Gasteiger partial charge in [0.05, 0.1) is 25.6 Å². The van der Waals surface area contributed by atoms with Crippen LogP contribution in [0, 0.1) is 0 Å². The summed E-state index contributed by atoms with van der Waals surface area (Å²) < 4.78 is 12.9. The third-order valence-corrected chi connectivity index (χ3v) is 3.74. The number of nitrogen functional groups attached to an aromatic ring is 1. The fraction of sp³-hybridized carbons (Fsp3) is 0.235. The minimum atomic E-state index is 0.712. The van der Waals surface area contributed by atoms with E-state index in [1.807, 2.05) is 40.9 Å². The number of methoxy groups -OCH3 is 2. The summed E-state index contributed by atoms with van der Waals surface area (Å²) in [4.78, 5) is 4.75. The predicted molar refractivity (Wildman–Crippen MR) is 87.5 cm³/mol. The molecule has 0 atom stereocenters. The number of fused-ring (bicyclic) bond motifs is 1. The van der Waals surface area contributed by atoms with Crippen LogP contribution in [0.15, 0.2) is 36.5 Å². The van der Waals surface area contributed by atoms with Crippen LogP contribution in [0.5, 0.6) is 11.5 Å². The molecule has 5 heteroatoms. The van der Waals surface area contributed by atoms with Gasteiger partial charge in [-0.05, 0) is 36.8 Å². The summed E-state index contributed by atoms with van der Waals surface area (Å²) in [5.74, 6) is 1.54. The lowest BCUT2D eigenvalue weighted by Crippen LogP contribution is -1.96. The number of benzene rings is 1. The lowest BCUT2D eigenvalue weighted by Gasteiger charge is -2.10. The zero-order chi connectivity index (χ0) is 15.7. The first-order chi connectivity index (χ1) is 10.7. The van der Waals surface area contributed by atoms with Gasteiger partial charge in [-0.25, -0.2) is 4.98 Å². The van der Waals surface area contributed by atoms with Gasteiger partial charge in [0.2, 0.25) is 0 Å². The number of hydrogen-bond acceptors (Lipinski definition) is 4. The van der Waals surface area contributed by atoms with Crippen molar-refractivity contribution < 1.29 is 9.47 Å². The molecule has 0 saturated carbocycles. The Balaban J connectivity index is 2.30. The van der Waals surface area contributed by atoms with Crippen LogP contribution in [0.25, 0.3) is 16.9 Å². The second-order valence-corrected chi connectivity index (χ2v) is 5.02. The first-order valence-corrected chi connectivity index (χ1v) is 7.16. The highest BCUT2D eigenvalue weighted by molar-refractivity contribution is 5.74. The van der Waals surface area contributed by atoms with E-state index in [0.29, 0.717) is 5.69 Å². The van der Waals surface area contributed by atoms with E-state index in [9.17, 15) is 0 Å². The van der Waals surface area contributed by atoms with Gasteiger partial charge in [0, 0.05) is 17.4 Å². The minimum Gasteiger partial charge on any atom is -0.497 e. The van der Waals surface area contributed by atoms with Crippen LogP contribution in [0.3, 0.4) is 0 Å². The Morgan fingerprint density at radius 3 is 2.64 bits per heavy atom. The molecule has 5 nitrogen and oxygen atoms in total. The average Bonchev–Trinajstić information content (AvgIpc) is 2.91. The van der Waals surface area contributed by atoms with E-state index in [4.69, 9.17) is 20.2 Å². The molecule has 114 valence electrons. The number of rotatable bonds is 4. The molecule has 3 aromatic rings. The van der Waals surface area contributed by atoms with Crippen molar-refractivity contribution in [3.63, 3.8) is 0 Å². The Morgan fingerprint density at radius 2 is 1.95 bits per heavy atom. The molecule has 0 aliphatic rings. The smallest absolute Gasteiger partial charge is 0.137 e. The molecule has 0 saturated heterocycles. The Kier molecular flexibility index (Phi) is 3.63. The topological polar surface area (TPSA) is 61.8 Å². The molecule has 2 N–H and O–H groups in total. The van der Waals surface area contributed by atoms with Gasteiger partial charge in [0.15, 0.2) is 0 Å². The Hall–Kier alpha value is -2.69. The van der Waals surface area contributed by atoms with Crippen LogP contribution in [0.2, 0.25) is 0 Å². The van der Waals surface area contributed by atoms with Gasteiger partial charge in [-0.3, -0.25) is 0 Å². The molecule has 0 aliphatic carbocycles. The summed E-state index contributed by atoms with van der Waals surface area (Å²) in [5, 5.41) is 0. The summed E-state index contributed by atoms with van der Waals surface area (Å²) in [6, 6.07) is 9.50. The van der Waals surface area contributed by atoms with Gasteiger partial charge in [-0.1, -0.05) is 6.92 Å². The van der Waals surface area contributed by atoms with Gasteiger partial charge >= 0.3 is 0 Å². The molecule has 0 radical (unpaired) electrons. The number of aryl methyl sites for hydroxylation is 1. The molecular weight excluding hydrogens is 278 g/mol. The summed E-state index contributed by atoms with van der Waals surface area (Å²) in [6.07, 6.45) is 2.73. The van der Waals surface area contributed by atoms with E-state index < -0.39 is 0 Å². The number of nitrogens with zero attached hydrogens (tertiary/aromatic N) is 2. The van der Waals surface area contributed by atoms with Crippen LogP contribution in [-0.2, 0) is 6.42 Å². The van der Waals surface area contributed by atoms with Gasteiger partial charge < -0.3 is 19.6 Å². The van der Waals surface area contributed by atoms with Crippen LogP contribution >= 0.6 is 0 Å². The standard InChI is InChI=1S/C17H19N3O2/c1-4-14-17(19-16-8-5-11(18)10-20(14)16)13-9-12(21-2)6-7-15(13)22-3/h5-10H,4,18H2,1-3H3. The fourth-order valence-electron chi connectivity index (χ4n) is 2.66. The number of aromatic nitrogens is 2. The van der Waals surface area contributed by atoms with Crippen molar-refractivity contribution in [3.05, 3.63) is 42.2 Å². The Labute approximate surface area is 129 Å². The van der Waals surface area contributed by atoms with Crippen LogP contribution in [0.4, 0.5) is 5.69 Å². The third kappa shape index (κ3) is 2.24. The van der Waals surface area contributed by atoms with Crippen LogP contribution in [0.1, 0.15) is 12.6 Å². The monoisotopic (exact) mass is 297 g/mol. The third-order valence-electron chi connectivity index (χ3n) is 3.74. The first kappa shape index (κ1) is 14.3. The van der Waals surface area contributed by atoms with Crippen molar-refractivity contribution in [2.24, 2.45) is 0 Å². The SMILES string of the molecule is CCc1c(-c2cc(OC)ccc2OC)nc2ccc(N)cn12. The van der Waals surface area contributed by atoms with E-state index in [0.717, 1.165) is 40.5 Å². The Bertz CT molecular complexity index is 824. The fourth-order valence-corrected chi connectivity index (χ4v) is 2.66. The number of imidazole rings is 1. The highest BCUT2D eigenvalue weighted by Crippen LogP contribution is 2.35. The van der Waals surface area contributed by atoms with Crippen molar-refractivity contribution in [1.82, 2.24) is 9.38 Å². The lowest BCUT2D eigenvalue weighted by molar-refractivity contribution is 0.404. The normalized spacial score (nSPS) is 10.9. The molecule has 0 bridgehead atoms. The van der Waals surface area contributed by atoms with Gasteiger partial charge in [0.25, 0.3) is 0 Å². The summed E-state index contributed by atoms with van der Waals surface area (Å²) in [6.45, 7) is 2.10. The van der Waals surface area contributed by atoms with E-state index in [2.05, 4.69) is 6.92 Å². The maximum absolute atomic E-state index is 5.90. The van der Waals surface area contributed by atoms with Crippen molar-refractivity contribution >= 4 is 11.3 Å². The van der Waals surface area contributed by atoms with Gasteiger partial charge in [-0.2, -0.15) is 0 Å². The maximum atomic E-state index is 5.90. The molecule has 0 aliphatic heterocycles. The number of pyridine rings is 1. The number of nitrogens with two attached hydrogens (primary N) is 1. The number of hydrogen-bond donors (Lipinski definition) is 1. The summed E-state index contributed by atoms with van der Waals surface area (Å²) >= 11 is 0. The first-order valence-electron chi connectivity index (χ1n) is 7.16. The largest absolute Gasteiger partial charge is 0.497 e. The molecule has 0 spiro atoms. The number of ether oxygens (including phenoxy) is 2. The molecule has 0 amide bonds. The molecule has 0 unspecified atom stereocenters.